The maximum absolute atomic E-state index is 12.1. The molecule has 0 N–H and O–H groups in total. The lowest BCUT2D eigenvalue weighted by Gasteiger charge is -2.26. The third-order valence-corrected chi connectivity index (χ3v) is 4.19. The van der Waals surface area contributed by atoms with Crippen LogP contribution in [-0.2, 0) is 11.3 Å². The minimum absolute atomic E-state index is 0.0430. The van der Waals surface area contributed by atoms with Crippen molar-refractivity contribution in [2.24, 2.45) is 0 Å². The average Bonchev–Trinajstić information content (AvgIpc) is 2.55. The molecule has 2 aromatic carbocycles. The molecule has 2 aromatic rings. The highest BCUT2D eigenvalue weighted by atomic mass is 32.2. The first-order valence-corrected chi connectivity index (χ1v) is 8.88. The summed E-state index contributed by atoms with van der Waals surface area (Å²) in [5, 5.41) is 0. The van der Waals surface area contributed by atoms with Gasteiger partial charge in [0, 0.05) is 6.92 Å². The Kier molecular flexibility index (Phi) is 4.72. The van der Waals surface area contributed by atoms with Crippen LogP contribution in [0.15, 0.2) is 42.5 Å². The molecule has 1 aliphatic heterocycles. The van der Waals surface area contributed by atoms with Crippen LogP contribution in [0.4, 0.5) is 5.69 Å². The average molecular weight is 325 g/mol. The van der Waals surface area contributed by atoms with E-state index in [1.165, 1.54) is 0 Å². The number of carbonyl (C=O) groups is 1. The molecule has 0 fully saturated rings. The molecule has 0 spiro atoms. The van der Waals surface area contributed by atoms with Crippen LogP contribution in [0, 0.1) is 0 Å². The van der Waals surface area contributed by atoms with Gasteiger partial charge in [0.1, 0.15) is 11.7 Å². The molecular weight excluding hydrogens is 306 g/mol. The maximum atomic E-state index is 12.1. The van der Waals surface area contributed by atoms with Crippen molar-refractivity contribution in [1.29, 1.82) is 0 Å². The Labute approximate surface area is 141 Å². The quantitative estimate of drug-likeness (QED) is 0.782. The van der Waals surface area contributed by atoms with E-state index in [4.69, 9.17) is 4.74 Å². The Bertz CT molecular complexity index is 755. The molecule has 0 radical (unpaired) electrons. The Morgan fingerprint density at radius 3 is 2.74 bits per heavy atom. The Morgan fingerprint density at radius 1 is 1.17 bits per heavy atom. The third-order valence-electron chi connectivity index (χ3n) is 3.84. The Hall–Kier alpha value is -2.20. The van der Waals surface area contributed by atoms with Gasteiger partial charge in [-0.3, -0.25) is 4.79 Å². The summed E-state index contributed by atoms with van der Waals surface area (Å²) >= 11 is 1.64. The largest absolute Gasteiger partial charge is 0.483 e. The highest BCUT2D eigenvalue weighted by Crippen LogP contribution is 2.30. The molecule has 0 aromatic heterocycles. The molecule has 4 heteroatoms. The van der Waals surface area contributed by atoms with Gasteiger partial charge in [0.15, 0.2) is 0 Å². The summed E-state index contributed by atoms with van der Waals surface area (Å²) in [4.78, 5) is 13.9. The molecule has 0 atom stereocenters. The van der Waals surface area contributed by atoms with E-state index in [0.717, 1.165) is 28.1 Å². The van der Waals surface area contributed by atoms with Crippen LogP contribution in [0.1, 0.15) is 23.6 Å². The predicted octanol–water partition coefficient (Wildman–Crippen LogP) is 4.42. The summed E-state index contributed by atoms with van der Waals surface area (Å²) in [7, 11) is 0. The van der Waals surface area contributed by atoms with Gasteiger partial charge in [0.25, 0.3) is 0 Å². The zero-order valence-corrected chi connectivity index (χ0v) is 14.1. The van der Waals surface area contributed by atoms with Crippen LogP contribution in [0.2, 0.25) is 0 Å². The highest BCUT2D eigenvalue weighted by Gasteiger charge is 2.18. The van der Waals surface area contributed by atoms with Crippen molar-refractivity contribution in [3.8, 4) is 5.75 Å². The van der Waals surface area contributed by atoms with E-state index in [2.05, 4.69) is 12.2 Å². The number of benzene rings is 2. The second kappa shape index (κ2) is 6.92. The van der Waals surface area contributed by atoms with E-state index in [0.29, 0.717) is 12.5 Å². The van der Waals surface area contributed by atoms with Gasteiger partial charge < -0.3 is 9.64 Å². The summed E-state index contributed by atoms with van der Waals surface area (Å²) in [6.45, 7) is 2.17. The van der Waals surface area contributed by atoms with Crippen LogP contribution < -0.4 is 9.64 Å². The number of anilines is 1. The van der Waals surface area contributed by atoms with Crippen molar-refractivity contribution in [2.75, 3.05) is 17.1 Å². The van der Waals surface area contributed by atoms with Gasteiger partial charge >= 0.3 is 0 Å². The number of hydrogen-bond donors (Lipinski definition) is 0. The molecule has 3 nitrogen and oxygen atoms in total. The smallest absolute Gasteiger partial charge is 0.224 e. The summed E-state index contributed by atoms with van der Waals surface area (Å²) in [6, 6.07) is 14.0. The van der Waals surface area contributed by atoms with Crippen LogP contribution in [0.3, 0.4) is 0 Å². The lowest BCUT2D eigenvalue weighted by molar-refractivity contribution is -0.116. The fraction of sp³-hybridized carbons (Fsp3) is 0.211. The van der Waals surface area contributed by atoms with Gasteiger partial charge in [0.05, 0.1) is 12.2 Å². The van der Waals surface area contributed by atoms with Gasteiger partial charge in [0.2, 0.25) is 5.91 Å². The number of ether oxygens (including phenoxy) is 1. The fourth-order valence-electron chi connectivity index (χ4n) is 2.68. The fourth-order valence-corrected chi connectivity index (χ4v) is 2.93. The van der Waals surface area contributed by atoms with Crippen molar-refractivity contribution in [3.63, 3.8) is 0 Å². The molecule has 118 valence electrons. The van der Waals surface area contributed by atoms with Gasteiger partial charge in [-0.2, -0.15) is 0 Å². The molecule has 23 heavy (non-hydrogen) atoms. The lowest BCUT2D eigenvalue weighted by atomic mass is 10.0. The summed E-state index contributed by atoms with van der Waals surface area (Å²) in [6.07, 6.45) is 6.16. The standard InChI is InChI=1S/C19H19NO2S/c1-14(21)20-12-17-9-10-18(22-13-23-2)11-16(17)8-7-15-5-3-4-6-19(15)20/h3-11H,12-13H2,1-2H3/b8-7-. The lowest BCUT2D eigenvalue weighted by Crippen LogP contribution is -2.29. The zero-order chi connectivity index (χ0) is 16.2. The van der Waals surface area contributed by atoms with Crippen LogP contribution in [-0.4, -0.2) is 18.1 Å². The minimum Gasteiger partial charge on any atom is -0.483 e. The molecule has 0 aliphatic carbocycles. The van der Waals surface area contributed by atoms with Crippen molar-refractivity contribution in [3.05, 3.63) is 59.2 Å². The number of hydrogen-bond acceptors (Lipinski definition) is 3. The summed E-state index contributed by atoms with van der Waals surface area (Å²) < 4.78 is 5.69. The van der Waals surface area contributed by atoms with Crippen LogP contribution in [0.5, 0.6) is 5.75 Å². The van der Waals surface area contributed by atoms with E-state index in [9.17, 15) is 4.79 Å². The first-order chi connectivity index (χ1) is 11.2. The summed E-state index contributed by atoms with van der Waals surface area (Å²) in [5.41, 5.74) is 4.19. The molecule has 1 amide bonds. The van der Waals surface area contributed by atoms with E-state index >= 15 is 0 Å². The van der Waals surface area contributed by atoms with Crippen LogP contribution in [0.25, 0.3) is 12.2 Å². The molecule has 0 unspecified atom stereocenters. The number of fused-ring (bicyclic) bond motifs is 2. The topological polar surface area (TPSA) is 29.5 Å². The normalized spacial score (nSPS) is 14.3. The predicted molar refractivity (Wildman–Crippen MR) is 97.7 cm³/mol. The molecule has 1 aliphatic rings. The van der Waals surface area contributed by atoms with Crippen molar-refractivity contribution < 1.29 is 9.53 Å². The maximum Gasteiger partial charge on any atom is 0.224 e. The second-order valence-corrected chi connectivity index (χ2v) is 6.22. The zero-order valence-electron chi connectivity index (χ0n) is 13.3. The number of carbonyl (C=O) groups excluding carboxylic acids is 1. The van der Waals surface area contributed by atoms with E-state index in [1.54, 1.807) is 18.7 Å². The number of para-hydroxylation sites is 1. The number of amides is 1. The van der Waals surface area contributed by atoms with E-state index in [-0.39, 0.29) is 5.91 Å². The van der Waals surface area contributed by atoms with Crippen molar-refractivity contribution in [2.45, 2.75) is 13.5 Å². The first kappa shape index (κ1) is 15.7. The number of nitrogens with zero attached hydrogens (tertiary/aromatic N) is 1. The number of rotatable bonds is 3. The number of thioether (sulfide) groups is 1. The van der Waals surface area contributed by atoms with Crippen LogP contribution >= 0.6 is 11.8 Å². The van der Waals surface area contributed by atoms with Gasteiger partial charge in [-0.25, -0.2) is 0 Å². The second-order valence-electron chi connectivity index (χ2n) is 5.41. The SMILES string of the molecule is CSCOc1ccc2c(c1)/C=C\c1ccccc1N(C(C)=O)C2. The van der Waals surface area contributed by atoms with Crippen molar-refractivity contribution in [1.82, 2.24) is 0 Å². The van der Waals surface area contributed by atoms with Crippen molar-refractivity contribution >= 4 is 35.5 Å². The van der Waals surface area contributed by atoms with Gasteiger partial charge in [-0.15, -0.1) is 11.8 Å². The monoisotopic (exact) mass is 325 g/mol. The van der Waals surface area contributed by atoms with Gasteiger partial charge in [-0.1, -0.05) is 36.4 Å². The molecule has 1 heterocycles. The summed E-state index contributed by atoms with van der Waals surface area (Å²) in [5.74, 6) is 1.53. The first-order valence-electron chi connectivity index (χ1n) is 7.49. The van der Waals surface area contributed by atoms with E-state index in [1.807, 2.05) is 53.6 Å². The van der Waals surface area contributed by atoms with Gasteiger partial charge in [-0.05, 0) is 41.1 Å². The molecular formula is C19H19NO2S. The van der Waals surface area contributed by atoms with E-state index < -0.39 is 0 Å². The Morgan fingerprint density at radius 2 is 1.96 bits per heavy atom. The Balaban J connectivity index is 2.04. The molecule has 0 bridgehead atoms. The molecule has 3 rings (SSSR count). The molecule has 0 saturated heterocycles. The highest BCUT2D eigenvalue weighted by molar-refractivity contribution is 7.98. The third kappa shape index (κ3) is 3.42. The minimum atomic E-state index is 0.0430. The molecule has 0 saturated carbocycles.